The van der Waals surface area contributed by atoms with Crippen LogP contribution in [0.3, 0.4) is 0 Å². The first kappa shape index (κ1) is 12.4. The molecule has 16 heavy (non-hydrogen) atoms. The number of nitrogens with zero attached hydrogens (tertiary/aromatic N) is 1. The highest BCUT2D eigenvalue weighted by Gasteiger charge is 2.29. The lowest BCUT2D eigenvalue weighted by Crippen LogP contribution is -2.10. The fraction of sp³-hybridized carbons (Fsp3) is 0.364. The van der Waals surface area contributed by atoms with Crippen LogP contribution < -0.4 is 5.32 Å². The van der Waals surface area contributed by atoms with Crippen LogP contribution in [-0.2, 0) is 6.18 Å². The Labute approximate surface area is 91.7 Å². The van der Waals surface area contributed by atoms with Gasteiger partial charge in [0.1, 0.15) is 0 Å². The molecule has 0 aliphatic rings. The first-order valence-electron chi connectivity index (χ1n) is 4.74. The van der Waals surface area contributed by atoms with Gasteiger partial charge in [-0.25, -0.2) is 0 Å². The Morgan fingerprint density at radius 2 is 1.88 bits per heavy atom. The van der Waals surface area contributed by atoms with Crippen LogP contribution in [-0.4, -0.2) is 6.54 Å². The molecule has 86 valence electrons. The fourth-order valence-corrected chi connectivity index (χ4v) is 1.09. The van der Waals surface area contributed by atoms with Gasteiger partial charge in [-0.3, -0.25) is 0 Å². The maximum atomic E-state index is 12.2. The number of nitrogens with one attached hydrogen (secondary N) is 1. The Kier molecular flexibility index (Phi) is 3.78. The van der Waals surface area contributed by atoms with E-state index in [9.17, 15) is 13.2 Å². The summed E-state index contributed by atoms with van der Waals surface area (Å²) in [6.07, 6.45) is -4.31. The van der Waals surface area contributed by atoms with Crippen LogP contribution in [0.15, 0.2) is 24.3 Å². The van der Waals surface area contributed by atoms with Crippen LogP contribution in [0.25, 0.3) is 0 Å². The summed E-state index contributed by atoms with van der Waals surface area (Å²) in [5, 5.41) is 11.4. The standard InChI is InChI=1S/C11H11F3N2/c1-8(6-15)7-16-10-4-2-9(3-5-10)11(12,13)14/h2-5,8,16H,7H2,1H3. The molecule has 0 saturated carbocycles. The summed E-state index contributed by atoms with van der Waals surface area (Å²) in [4.78, 5) is 0. The summed E-state index contributed by atoms with van der Waals surface area (Å²) in [5.41, 5.74) is -0.0959. The molecule has 1 aromatic carbocycles. The van der Waals surface area contributed by atoms with Crippen LogP contribution in [0, 0.1) is 17.2 Å². The minimum Gasteiger partial charge on any atom is -0.384 e. The molecule has 1 unspecified atom stereocenters. The summed E-state index contributed by atoms with van der Waals surface area (Å²) in [5.74, 6) is -0.178. The van der Waals surface area contributed by atoms with E-state index in [0.717, 1.165) is 12.1 Å². The molecule has 0 amide bonds. The zero-order valence-electron chi connectivity index (χ0n) is 8.67. The summed E-state index contributed by atoms with van der Waals surface area (Å²) < 4.78 is 36.7. The molecule has 0 aromatic heterocycles. The largest absolute Gasteiger partial charge is 0.416 e. The second kappa shape index (κ2) is 4.88. The number of rotatable bonds is 3. The van der Waals surface area contributed by atoms with E-state index in [1.807, 2.05) is 6.07 Å². The van der Waals surface area contributed by atoms with Crippen molar-refractivity contribution in [1.82, 2.24) is 0 Å². The van der Waals surface area contributed by atoms with Crippen molar-refractivity contribution < 1.29 is 13.2 Å². The molecule has 5 heteroatoms. The molecule has 0 spiro atoms. The number of anilines is 1. The maximum Gasteiger partial charge on any atom is 0.416 e. The Bertz CT molecular complexity index is 376. The highest BCUT2D eigenvalue weighted by Crippen LogP contribution is 2.29. The predicted molar refractivity (Wildman–Crippen MR) is 54.7 cm³/mol. The third-order valence-corrected chi connectivity index (χ3v) is 2.04. The van der Waals surface area contributed by atoms with Crippen molar-refractivity contribution in [2.45, 2.75) is 13.1 Å². The lowest BCUT2D eigenvalue weighted by molar-refractivity contribution is -0.137. The fourth-order valence-electron chi connectivity index (χ4n) is 1.09. The van der Waals surface area contributed by atoms with Gasteiger partial charge in [0.25, 0.3) is 0 Å². The van der Waals surface area contributed by atoms with E-state index in [-0.39, 0.29) is 5.92 Å². The van der Waals surface area contributed by atoms with E-state index >= 15 is 0 Å². The number of halogens is 3. The van der Waals surface area contributed by atoms with Crippen LogP contribution >= 0.6 is 0 Å². The minimum absolute atomic E-state index is 0.178. The highest BCUT2D eigenvalue weighted by atomic mass is 19.4. The highest BCUT2D eigenvalue weighted by molar-refractivity contribution is 5.45. The first-order chi connectivity index (χ1) is 7.43. The number of nitriles is 1. The molecule has 1 aromatic rings. The number of hydrogen-bond acceptors (Lipinski definition) is 2. The van der Waals surface area contributed by atoms with Crippen LogP contribution in [0.4, 0.5) is 18.9 Å². The van der Waals surface area contributed by atoms with E-state index in [1.54, 1.807) is 6.92 Å². The summed E-state index contributed by atoms with van der Waals surface area (Å²) in [6.45, 7) is 2.15. The van der Waals surface area contributed by atoms with Crippen molar-refractivity contribution in [3.8, 4) is 6.07 Å². The normalized spacial score (nSPS) is 12.9. The lowest BCUT2D eigenvalue weighted by Gasteiger charge is -2.10. The maximum absolute atomic E-state index is 12.2. The molecule has 2 nitrogen and oxygen atoms in total. The SMILES string of the molecule is CC(C#N)CNc1ccc(C(F)(F)F)cc1. The number of hydrogen-bond donors (Lipinski definition) is 1. The van der Waals surface area contributed by atoms with Crippen molar-refractivity contribution in [2.24, 2.45) is 5.92 Å². The van der Waals surface area contributed by atoms with Crippen LogP contribution in [0.2, 0.25) is 0 Å². The van der Waals surface area contributed by atoms with Gasteiger partial charge in [-0.15, -0.1) is 0 Å². The molecule has 0 aliphatic carbocycles. The van der Waals surface area contributed by atoms with Gasteiger partial charge in [0.05, 0.1) is 17.6 Å². The van der Waals surface area contributed by atoms with Gasteiger partial charge < -0.3 is 5.32 Å². The molecule has 1 rings (SSSR count). The molecule has 0 heterocycles. The van der Waals surface area contributed by atoms with Crippen molar-refractivity contribution in [1.29, 1.82) is 5.26 Å². The molecule has 0 radical (unpaired) electrons. The predicted octanol–water partition coefficient (Wildman–Crippen LogP) is 3.28. The molecule has 0 bridgehead atoms. The second-order valence-electron chi connectivity index (χ2n) is 3.49. The van der Waals surface area contributed by atoms with Gasteiger partial charge in [-0.2, -0.15) is 18.4 Å². The van der Waals surface area contributed by atoms with E-state index in [1.165, 1.54) is 12.1 Å². The Balaban J connectivity index is 2.63. The van der Waals surface area contributed by atoms with Gasteiger partial charge in [-0.05, 0) is 31.2 Å². The van der Waals surface area contributed by atoms with Crippen LogP contribution in [0.5, 0.6) is 0 Å². The third kappa shape index (κ3) is 3.46. The Hall–Kier alpha value is -1.70. The van der Waals surface area contributed by atoms with Gasteiger partial charge in [0.15, 0.2) is 0 Å². The first-order valence-corrected chi connectivity index (χ1v) is 4.74. The van der Waals surface area contributed by atoms with Gasteiger partial charge in [0.2, 0.25) is 0 Å². The molecule has 1 atom stereocenters. The topological polar surface area (TPSA) is 35.8 Å². The number of alkyl halides is 3. The van der Waals surface area contributed by atoms with E-state index in [2.05, 4.69) is 5.32 Å². The molecular weight excluding hydrogens is 217 g/mol. The van der Waals surface area contributed by atoms with E-state index in [0.29, 0.717) is 12.2 Å². The van der Waals surface area contributed by atoms with Crippen molar-refractivity contribution in [3.63, 3.8) is 0 Å². The molecular formula is C11H11F3N2. The zero-order chi connectivity index (χ0) is 12.2. The van der Waals surface area contributed by atoms with Crippen molar-refractivity contribution in [3.05, 3.63) is 29.8 Å². The quantitative estimate of drug-likeness (QED) is 0.861. The Morgan fingerprint density at radius 3 is 2.31 bits per heavy atom. The third-order valence-electron chi connectivity index (χ3n) is 2.04. The Morgan fingerprint density at radius 1 is 1.31 bits per heavy atom. The van der Waals surface area contributed by atoms with Gasteiger partial charge in [0, 0.05) is 12.2 Å². The second-order valence-corrected chi connectivity index (χ2v) is 3.49. The minimum atomic E-state index is -4.31. The summed E-state index contributed by atoms with van der Waals surface area (Å²) in [7, 11) is 0. The zero-order valence-corrected chi connectivity index (χ0v) is 8.67. The molecule has 0 fully saturated rings. The molecule has 1 N–H and O–H groups in total. The van der Waals surface area contributed by atoms with Crippen molar-refractivity contribution >= 4 is 5.69 Å². The average molecular weight is 228 g/mol. The smallest absolute Gasteiger partial charge is 0.384 e. The lowest BCUT2D eigenvalue weighted by atomic mass is 10.2. The van der Waals surface area contributed by atoms with E-state index < -0.39 is 11.7 Å². The van der Waals surface area contributed by atoms with Gasteiger partial charge in [-0.1, -0.05) is 0 Å². The monoisotopic (exact) mass is 228 g/mol. The molecule has 0 saturated heterocycles. The van der Waals surface area contributed by atoms with Crippen LogP contribution in [0.1, 0.15) is 12.5 Å². The van der Waals surface area contributed by atoms with E-state index in [4.69, 9.17) is 5.26 Å². The summed E-state index contributed by atoms with van der Waals surface area (Å²) >= 11 is 0. The van der Waals surface area contributed by atoms with Crippen molar-refractivity contribution in [2.75, 3.05) is 11.9 Å². The summed E-state index contributed by atoms with van der Waals surface area (Å²) in [6, 6.07) is 6.76. The van der Waals surface area contributed by atoms with Gasteiger partial charge >= 0.3 is 6.18 Å². The number of benzene rings is 1. The molecule has 0 aliphatic heterocycles. The average Bonchev–Trinajstić information content (AvgIpc) is 2.25.